The van der Waals surface area contributed by atoms with Gasteiger partial charge in [0, 0.05) is 11.3 Å². The van der Waals surface area contributed by atoms with Crippen LogP contribution >= 0.6 is 0 Å². The molecule has 3 N–H and O–H groups in total. The van der Waals surface area contributed by atoms with Crippen molar-refractivity contribution in [2.24, 2.45) is 5.73 Å². The molecule has 2 amide bonds. The molecule has 0 spiro atoms. The zero-order valence-corrected chi connectivity index (χ0v) is 12.7. The number of carbonyl (C=O) groups is 2. The Hall–Kier alpha value is -3.02. The Bertz CT molecular complexity index is 666. The molecule has 0 bridgehead atoms. The first-order chi connectivity index (χ1) is 11.1. The molecule has 23 heavy (non-hydrogen) atoms. The van der Waals surface area contributed by atoms with E-state index in [2.05, 4.69) is 5.32 Å². The molecule has 0 heterocycles. The summed E-state index contributed by atoms with van der Waals surface area (Å²) in [5.74, 6) is 0.436. The molecule has 0 aliphatic carbocycles. The average Bonchev–Trinajstić information content (AvgIpc) is 2.55. The number of nitrogens with one attached hydrogen (secondary N) is 1. The molecule has 0 aromatic heterocycles. The van der Waals surface area contributed by atoms with Gasteiger partial charge in [-0.1, -0.05) is 0 Å². The lowest BCUT2D eigenvalue weighted by molar-refractivity contribution is -0.118. The predicted molar refractivity (Wildman–Crippen MR) is 86.7 cm³/mol. The van der Waals surface area contributed by atoms with Gasteiger partial charge in [-0.15, -0.1) is 0 Å². The lowest BCUT2D eigenvalue weighted by atomic mass is 10.2. The molecular weight excluding hydrogens is 296 g/mol. The Labute approximate surface area is 134 Å². The van der Waals surface area contributed by atoms with E-state index in [4.69, 9.17) is 15.2 Å². The summed E-state index contributed by atoms with van der Waals surface area (Å²) in [6.45, 7) is 2.36. The highest BCUT2D eigenvalue weighted by Gasteiger charge is 2.05. The van der Waals surface area contributed by atoms with Crippen molar-refractivity contribution in [2.45, 2.75) is 6.92 Å². The van der Waals surface area contributed by atoms with Gasteiger partial charge >= 0.3 is 0 Å². The fourth-order valence-corrected chi connectivity index (χ4v) is 1.86. The number of carbonyl (C=O) groups excluding carboxylic acids is 2. The summed E-state index contributed by atoms with van der Waals surface area (Å²) in [6, 6.07) is 13.3. The van der Waals surface area contributed by atoms with Gasteiger partial charge in [0.05, 0.1) is 6.61 Å². The van der Waals surface area contributed by atoms with E-state index in [0.29, 0.717) is 23.6 Å². The van der Waals surface area contributed by atoms with E-state index >= 15 is 0 Å². The van der Waals surface area contributed by atoms with Gasteiger partial charge in [0.15, 0.2) is 6.61 Å². The Balaban J connectivity index is 1.83. The first kappa shape index (κ1) is 16.4. The standard InChI is InChI=1S/C17H18N2O4/c1-2-22-14-9-5-13(6-10-14)19-16(20)11-23-15-7-3-12(4-8-15)17(18)21/h3-10H,2,11H2,1H3,(H2,18,21)(H,19,20). The van der Waals surface area contributed by atoms with E-state index in [-0.39, 0.29) is 12.5 Å². The van der Waals surface area contributed by atoms with Gasteiger partial charge < -0.3 is 20.5 Å². The monoisotopic (exact) mass is 314 g/mol. The molecular formula is C17H18N2O4. The zero-order chi connectivity index (χ0) is 16.7. The molecule has 6 nitrogen and oxygen atoms in total. The number of amides is 2. The van der Waals surface area contributed by atoms with Crippen LogP contribution in [-0.2, 0) is 4.79 Å². The number of primary amides is 1. The quantitative estimate of drug-likeness (QED) is 0.819. The van der Waals surface area contributed by atoms with Crippen molar-refractivity contribution in [3.05, 3.63) is 54.1 Å². The highest BCUT2D eigenvalue weighted by Crippen LogP contribution is 2.16. The lowest BCUT2D eigenvalue weighted by Gasteiger charge is -2.09. The largest absolute Gasteiger partial charge is 0.494 e. The van der Waals surface area contributed by atoms with Gasteiger partial charge in [0.1, 0.15) is 11.5 Å². The first-order valence-electron chi connectivity index (χ1n) is 7.14. The van der Waals surface area contributed by atoms with Gasteiger partial charge in [-0.2, -0.15) is 0 Å². The number of hydrogen-bond donors (Lipinski definition) is 2. The zero-order valence-electron chi connectivity index (χ0n) is 12.7. The van der Waals surface area contributed by atoms with E-state index in [1.807, 2.05) is 6.92 Å². The van der Waals surface area contributed by atoms with Crippen molar-refractivity contribution in [3.63, 3.8) is 0 Å². The van der Waals surface area contributed by atoms with E-state index in [1.54, 1.807) is 48.5 Å². The van der Waals surface area contributed by atoms with Crippen LogP contribution in [0.5, 0.6) is 11.5 Å². The molecule has 120 valence electrons. The fraction of sp³-hybridized carbons (Fsp3) is 0.176. The van der Waals surface area contributed by atoms with Crippen molar-refractivity contribution < 1.29 is 19.1 Å². The molecule has 0 unspecified atom stereocenters. The van der Waals surface area contributed by atoms with Gasteiger partial charge in [0.2, 0.25) is 5.91 Å². The van der Waals surface area contributed by atoms with Crippen LogP contribution in [0.1, 0.15) is 17.3 Å². The molecule has 6 heteroatoms. The van der Waals surface area contributed by atoms with Crippen LogP contribution in [0, 0.1) is 0 Å². The summed E-state index contributed by atoms with van der Waals surface area (Å²) < 4.78 is 10.7. The summed E-state index contributed by atoms with van der Waals surface area (Å²) in [4.78, 5) is 22.8. The molecule has 0 aliphatic heterocycles. The van der Waals surface area contributed by atoms with Crippen molar-refractivity contribution in [2.75, 3.05) is 18.5 Å². The van der Waals surface area contributed by atoms with Gasteiger partial charge in [-0.25, -0.2) is 0 Å². The Morgan fingerprint density at radius 2 is 1.52 bits per heavy atom. The van der Waals surface area contributed by atoms with Gasteiger partial charge in [0.25, 0.3) is 5.91 Å². The summed E-state index contributed by atoms with van der Waals surface area (Å²) in [7, 11) is 0. The second-order valence-corrected chi connectivity index (χ2v) is 4.68. The number of nitrogens with two attached hydrogens (primary N) is 1. The van der Waals surface area contributed by atoms with E-state index in [9.17, 15) is 9.59 Å². The summed E-state index contributed by atoms with van der Waals surface area (Å²) in [5.41, 5.74) is 6.19. The fourth-order valence-electron chi connectivity index (χ4n) is 1.86. The maximum Gasteiger partial charge on any atom is 0.262 e. The molecule has 0 saturated heterocycles. The van der Waals surface area contributed by atoms with Crippen LogP contribution in [-0.4, -0.2) is 25.0 Å². The van der Waals surface area contributed by atoms with Crippen LogP contribution < -0.4 is 20.5 Å². The van der Waals surface area contributed by atoms with Gasteiger partial charge in [-0.05, 0) is 55.5 Å². The van der Waals surface area contributed by atoms with Crippen molar-refractivity contribution >= 4 is 17.5 Å². The maximum atomic E-state index is 11.8. The lowest BCUT2D eigenvalue weighted by Crippen LogP contribution is -2.20. The Morgan fingerprint density at radius 3 is 2.09 bits per heavy atom. The van der Waals surface area contributed by atoms with Crippen LogP contribution in [0.15, 0.2) is 48.5 Å². The highest BCUT2D eigenvalue weighted by atomic mass is 16.5. The molecule has 0 radical (unpaired) electrons. The minimum atomic E-state index is -0.509. The number of anilines is 1. The topological polar surface area (TPSA) is 90.7 Å². The predicted octanol–water partition coefficient (Wildman–Crippen LogP) is 2.20. The third-order valence-electron chi connectivity index (χ3n) is 2.96. The molecule has 2 rings (SSSR count). The van der Waals surface area contributed by atoms with E-state index in [1.165, 1.54) is 0 Å². The van der Waals surface area contributed by atoms with Crippen LogP contribution in [0.25, 0.3) is 0 Å². The van der Waals surface area contributed by atoms with Crippen LogP contribution in [0.2, 0.25) is 0 Å². The summed E-state index contributed by atoms with van der Waals surface area (Å²) in [5, 5.41) is 2.72. The third-order valence-corrected chi connectivity index (χ3v) is 2.96. The Morgan fingerprint density at radius 1 is 0.957 bits per heavy atom. The second-order valence-electron chi connectivity index (χ2n) is 4.68. The van der Waals surface area contributed by atoms with Crippen LogP contribution in [0.3, 0.4) is 0 Å². The van der Waals surface area contributed by atoms with Crippen molar-refractivity contribution in [3.8, 4) is 11.5 Å². The molecule has 2 aromatic carbocycles. The molecule has 2 aromatic rings. The van der Waals surface area contributed by atoms with E-state index < -0.39 is 5.91 Å². The Kier molecular flexibility index (Phi) is 5.57. The van der Waals surface area contributed by atoms with Crippen molar-refractivity contribution in [1.29, 1.82) is 0 Å². The molecule has 0 aliphatic rings. The SMILES string of the molecule is CCOc1ccc(NC(=O)COc2ccc(C(N)=O)cc2)cc1. The number of hydrogen-bond acceptors (Lipinski definition) is 4. The minimum Gasteiger partial charge on any atom is -0.494 e. The average molecular weight is 314 g/mol. The second kappa shape index (κ2) is 7.84. The molecule has 0 saturated carbocycles. The highest BCUT2D eigenvalue weighted by molar-refractivity contribution is 5.93. The normalized spacial score (nSPS) is 9.96. The van der Waals surface area contributed by atoms with Crippen LogP contribution in [0.4, 0.5) is 5.69 Å². The number of benzene rings is 2. The molecule has 0 atom stereocenters. The number of rotatable bonds is 7. The minimum absolute atomic E-state index is 0.136. The smallest absolute Gasteiger partial charge is 0.262 e. The first-order valence-corrected chi connectivity index (χ1v) is 7.14. The van der Waals surface area contributed by atoms with E-state index in [0.717, 1.165) is 5.75 Å². The maximum absolute atomic E-state index is 11.8. The van der Waals surface area contributed by atoms with Crippen molar-refractivity contribution in [1.82, 2.24) is 0 Å². The van der Waals surface area contributed by atoms with Gasteiger partial charge in [-0.3, -0.25) is 9.59 Å². The number of ether oxygens (including phenoxy) is 2. The molecule has 0 fully saturated rings. The summed E-state index contributed by atoms with van der Waals surface area (Å²) in [6.07, 6.45) is 0. The summed E-state index contributed by atoms with van der Waals surface area (Å²) >= 11 is 0. The third kappa shape index (κ3) is 5.03.